The van der Waals surface area contributed by atoms with E-state index in [1.807, 2.05) is 6.07 Å². The average molecular weight is 299 g/mol. The summed E-state index contributed by atoms with van der Waals surface area (Å²) in [7, 11) is -3.56. The molecule has 3 N–H and O–H groups in total. The third-order valence-corrected chi connectivity index (χ3v) is 6.30. The Kier molecular flexibility index (Phi) is 4.58. The highest BCUT2D eigenvalue weighted by atomic mass is 32.2. The minimum absolute atomic E-state index is 0.132. The first-order valence-electron chi connectivity index (χ1n) is 6.31. The predicted molar refractivity (Wildman–Crippen MR) is 74.2 cm³/mol. The van der Waals surface area contributed by atoms with Gasteiger partial charge < -0.3 is 5.73 Å². The fourth-order valence-electron chi connectivity index (χ4n) is 2.26. The van der Waals surface area contributed by atoms with Crippen molar-refractivity contribution in [2.45, 2.75) is 48.4 Å². The van der Waals surface area contributed by atoms with Gasteiger partial charge in [0.1, 0.15) is 15.2 Å². The number of nitrogens with zero attached hydrogens (tertiary/aromatic N) is 1. The SMILES string of the molecule is N#Cc1ccc(S(=O)(=O)NC2CCCCCC2N)s1. The summed E-state index contributed by atoms with van der Waals surface area (Å²) in [5.41, 5.74) is 6.02. The van der Waals surface area contributed by atoms with Crippen molar-refractivity contribution in [3.05, 3.63) is 17.0 Å². The number of nitrogens with one attached hydrogen (secondary N) is 1. The molecule has 1 aliphatic carbocycles. The Balaban J connectivity index is 2.14. The Morgan fingerprint density at radius 2 is 2.05 bits per heavy atom. The van der Waals surface area contributed by atoms with Crippen LogP contribution in [0.4, 0.5) is 0 Å². The van der Waals surface area contributed by atoms with E-state index in [1.54, 1.807) is 0 Å². The first-order valence-corrected chi connectivity index (χ1v) is 8.61. The summed E-state index contributed by atoms with van der Waals surface area (Å²) in [4.78, 5) is 0.394. The first kappa shape index (κ1) is 14.5. The molecule has 0 saturated heterocycles. The maximum atomic E-state index is 12.2. The molecule has 2 rings (SSSR count). The van der Waals surface area contributed by atoms with Crippen molar-refractivity contribution in [3.63, 3.8) is 0 Å². The van der Waals surface area contributed by atoms with Crippen molar-refractivity contribution in [2.24, 2.45) is 5.73 Å². The lowest BCUT2D eigenvalue weighted by atomic mass is 10.1. The molecular weight excluding hydrogens is 282 g/mol. The minimum atomic E-state index is -3.56. The molecule has 1 fully saturated rings. The molecule has 0 aliphatic heterocycles. The van der Waals surface area contributed by atoms with Gasteiger partial charge in [0.05, 0.1) is 0 Å². The van der Waals surface area contributed by atoms with E-state index in [2.05, 4.69) is 4.72 Å². The normalized spacial score (nSPS) is 24.6. The number of hydrogen-bond donors (Lipinski definition) is 2. The molecule has 0 radical (unpaired) electrons. The molecule has 0 spiro atoms. The quantitative estimate of drug-likeness (QED) is 0.828. The van der Waals surface area contributed by atoms with E-state index in [4.69, 9.17) is 11.0 Å². The van der Waals surface area contributed by atoms with Gasteiger partial charge in [-0.3, -0.25) is 0 Å². The molecule has 1 saturated carbocycles. The number of sulfonamides is 1. The lowest BCUT2D eigenvalue weighted by Crippen LogP contribution is -2.46. The highest BCUT2D eigenvalue weighted by Crippen LogP contribution is 2.23. The van der Waals surface area contributed by atoms with Gasteiger partial charge in [0.25, 0.3) is 0 Å². The lowest BCUT2D eigenvalue weighted by molar-refractivity contribution is 0.457. The van der Waals surface area contributed by atoms with Crippen LogP contribution in [0.15, 0.2) is 16.3 Å². The Labute approximate surface area is 117 Å². The van der Waals surface area contributed by atoms with Gasteiger partial charge in [-0.25, -0.2) is 13.1 Å². The van der Waals surface area contributed by atoms with Gasteiger partial charge in [-0.1, -0.05) is 19.3 Å². The summed E-state index contributed by atoms with van der Waals surface area (Å²) < 4.78 is 27.3. The van der Waals surface area contributed by atoms with Crippen molar-refractivity contribution in [2.75, 3.05) is 0 Å². The summed E-state index contributed by atoms with van der Waals surface area (Å²) in [6.45, 7) is 0. The summed E-state index contributed by atoms with van der Waals surface area (Å²) in [6, 6.07) is 4.59. The first-order chi connectivity index (χ1) is 9.03. The van der Waals surface area contributed by atoms with Crippen LogP contribution >= 0.6 is 11.3 Å². The van der Waals surface area contributed by atoms with Crippen molar-refractivity contribution < 1.29 is 8.42 Å². The Morgan fingerprint density at radius 1 is 1.32 bits per heavy atom. The minimum Gasteiger partial charge on any atom is -0.326 e. The van der Waals surface area contributed by atoms with Crippen LogP contribution in [0.25, 0.3) is 0 Å². The summed E-state index contributed by atoms with van der Waals surface area (Å²) in [6.07, 6.45) is 4.77. The smallest absolute Gasteiger partial charge is 0.250 e. The molecule has 2 unspecified atom stereocenters. The summed E-state index contributed by atoms with van der Waals surface area (Å²) in [5.74, 6) is 0. The van der Waals surface area contributed by atoms with Gasteiger partial charge in [0.2, 0.25) is 10.0 Å². The molecule has 1 aliphatic rings. The number of nitriles is 1. The molecule has 0 aromatic carbocycles. The third-order valence-electron chi connectivity index (χ3n) is 3.33. The van der Waals surface area contributed by atoms with Crippen LogP contribution < -0.4 is 10.5 Å². The zero-order valence-electron chi connectivity index (χ0n) is 10.5. The van der Waals surface area contributed by atoms with Gasteiger partial charge in [0.15, 0.2) is 0 Å². The second kappa shape index (κ2) is 6.01. The molecule has 2 atom stereocenters. The molecule has 7 heteroatoms. The molecule has 19 heavy (non-hydrogen) atoms. The van der Waals surface area contributed by atoms with Gasteiger partial charge in [-0.15, -0.1) is 11.3 Å². The highest BCUT2D eigenvalue weighted by Gasteiger charge is 2.27. The largest absolute Gasteiger partial charge is 0.326 e. The van der Waals surface area contributed by atoms with E-state index >= 15 is 0 Å². The van der Waals surface area contributed by atoms with Crippen LogP contribution in [0.3, 0.4) is 0 Å². The topological polar surface area (TPSA) is 96.0 Å². The second-order valence-electron chi connectivity index (χ2n) is 4.76. The number of thiophene rings is 1. The molecule has 1 aromatic rings. The molecule has 0 amide bonds. The third kappa shape index (κ3) is 3.54. The summed E-state index contributed by atoms with van der Waals surface area (Å²) >= 11 is 0.982. The average Bonchev–Trinajstić information content (AvgIpc) is 2.78. The van der Waals surface area contributed by atoms with Gasteiger partial charge in [-0.05, 0) is 25.0 Å². The monoisotopic (exact) mass is 299 g/mol. The maximum absolute atomic E-state index is 12.2. The Morgan fingerprint density at radius 3 is 2.74 bits per heavy atom. The zero-order valence-corrected chi connectivity index (χ0v) is 12.1. The number of rotatable bonds is 3. The van der Waals surface area contributed by atoms with Crippen LogP contribution in [0.1, 0.15) is 37.0 Å². The fraction of sp³-hybridized carbons (Fsp3) is 0.583. The zero-order chi connectivity index (χ0) is 13.9. The highest BCUT2D eigenvalue weighted by molar-refractivity contribution is 7.91. The number of nitrogens with two attached hydrogens (primary N) is 1. The van der Waals surface area contributed by atoms with E-state index in [9.17, 15) is 8.42 Å². The van der Waals surface area contributed by atoms with E-state index in [0.717, 1.165) is 43.4 Å². The van der Waals surface area contributed by atoms with Crippen molar-refractivity contribution in [1.82, 2.24) is 4.72 Å². The lowest BCUT2D eigenvalue weighted by Gasteiger charge is -2.22. The van der Waals surface area contributed by atoms with Crippen LogP contribution in [0.2, 0.25) is 0 Å². The van der Waals surface area contributed by atoms with Gasteiger partial charge in [0, 0.05) is 12.1 Å². The van der Waals surface area contributed by atoms with E-state index in [-0.39, 0.29) is 16.3 Å². The maximum Gasteiger partial charge on any atom is 0.250 e. The van der Waals surface area contributed by atoms with Crippen LogP contribution in [-0.4, -0.2) is 20.5 Å². The van der Waals surface area contributed by atoms with E-state index in [1.165, 1.54) is 12.1 Å². The second-order valence-corrected chi connectivity index (χ2v) is 7.78. The van der Waals surface area contributed by atoms with E-state index in [0.29, 0.717) is 4.88 Å². The molecule has 1 heterocycles. The van der Waals surface area contributed by atoms with E-state index < -0.39 is 10.0 Å². The van der Waals surface area contributed by atoms with Crippen molar-refractivity contribution in [1.29, 1.82) is 5.26 Å². The molecular formula is C12H17N3O2S2. The molecule has 104 valence electrons. The van der Waals surface area contributed by atoms with Crippen molar-refractivity contribution >= 4 is 21.4 Å². The van der Waals surface area contributed by atoms with Crippen LogP contribution in [0, 0.1) is 11.3 Å². The van der Waals surface area contributed by atoms with Crippen molar-refractivity contribution in [3.8, 4) is 6.07 Å². The Hall–Kier alpha value is -0.940. The Bertz CT molecular complexity index is 574. The predicted octanol–water partition coefficient (Wildman–Crippen LogP) is 1.56. The summed E-state index contributed by atoms with van der Waals surface area (Å²) in [5, 5.41) is 8.74. The standard InChI is InChI=1S/C12H17N3O2S2/c13-8-9-6-7-12(18-9)19(16,17)15-11-5-3-1-2-4-10(11)14/h6-7,10-11,15H,1-5,14H2. The van der Waals surface area contributed by atoms with Crippen LogP contribution in [-0.2, 0) is 10.0 Å². The van der Waals surface area contributed by atoms with Gasteiger partial charge >= 0.3 is 0 Å². The molecule has 0 bridgehead atoms. The number of hydrogen-bond acceptors (Lipinski definition) is 5. The fourth-order valence-corrected chi connectivity index (χ4v) is 4.71. The molecule has 1 aromatic heterocycles. The van der Waals surface area contributed by atoms with Crippen LogP contribution in [0.5, 0.6) is 0 Å². The molecule has 5 nitrogen and oxygen atoms in total. The van der Waals surface area contributed by atoms with Gasteiger partial charge in [-0.2, -0.15) is 5.26 Å².